The van der Waals surface area contributed by atoms with Gasteiger partial charge in [0.2, 0.25) is 0 Å². The molecular weight excluding hydrogens is 192 g/mol. The molecule has 0 aromatic heterocycles. The standard InChI is InChI=1S/C16H20/c1-3-4-10-15-13-16(15,2)12-11-14-8-6-5-7-9-14/h3,5-9,11-12,15H,1,4,10,13H2,2H3/b12-11+/t15-,16+/m1/s1. The summed E-state index contributed by atoms with van der Waals surface area (Å²) in [5.41, 5.74) is 1.75. The highest BCUT2D eigenvalue weighted by atomic mass is 14.5. The molecule has 2 atom stereocenters. The first-order chi connectivity index (χ1) is 7.74. The van der Waals surface area contributed by atoms with Crippen LogP contribution < -0.4 is 0 Å². The van der Waals surface area contributed by atoms with Crippen LogP contribution in [0.15, 0.2) is 49.1 Å². The number of benzene rings is 1. The van der Waals surface area contributed by atoms with Gasteiger partial charge in [-0.1, -0.05) is 55.5 Å². The maximum absolute atomic E-state index is 3.78. The van der Waals surface area contributed by atoms with Crippen LogP contribution in [-0.4, -0.2) is 0 Å². The molecular formula is C16H20. The van der Waals surface area contributed by atoms with E-state index in [0.717, 1.165) is 12.3 Å². The summed E-state index contributed by atoms with van der Waals surface area (Å²) in [5, 5.41) is 0. The third-order valence-electron chi connectivity index (χ3n) is 3.63. The molecule has 84 valence electrons. The van der Waals surface area contributed by atoms with Crippen molar-refractivity contribution in [2.75, 3.05) is 0 Å². The summed E-state index contributed by atoms with van der Waals surface area (Å²) in [4.78, 5) is 0. The SMILES string of the molecule is C=CCC[C@@H]1C[C@]1(C)/C=C/c1ccccc1. The lowest BCUT2D eigenvalue weighted by atomic mass is 10.0. The van der Waals surface area contributed by atoms with Gasteiger partial charge in [0, 0.05) is 0 Å². The fourth-order valence-electron chi connectivity index (χ4n) is 2.28. The Labute approximate surface area is 98.7 Å². The van der Waals surface area contributed by atoms with E-state index in [-0.39, 0.29) is 0 Å². The van der Waals surface area contributed by atoms with Gasteiger partial charge in [0.15, 0.2) is 0 Å². The van der Waals surface area contributed by atoms with E-state index in [4.69, 9.17) is 0 Å². The summed E-state index contributed by atoms with van der Waals surface area (Å²) in [6.07, 6.45) is 10.5. The molecule has 1 saturated carbocycles. The second-order valence-electron chi connectivity index (χ2n) is 5.02. The van der Waals surface area contributed by atoms with Crippen molar-refractivity contribution < 1.29 is 0 Å². The first-order valence-corrected chi connectivity index (χ1v) is 6.10. The molecule has 1 aliphatic rings. The summed E-state index contributed by atoms with van der Waals surface area (Å²) in [6.45, 7) is 6.15. The summed E-state index contributed by atoms with van der Waals surface area (Å²) in [7, 11) is 0. The van der Waals surface area contributed by atoms with Crippen LogP contribution in [0.4, 0.5) is 0 Å². The fourth-order valence-corrected chi connectivity index (χ4v) is 2.28. The van der Waals surface area contributed by atoms with Crippen LogP contribution in [0.25, 0.3) is 6.08 Å². The predicted octanol–water partition coefficient (Wildman–Crippen LogP) is 4.69. The van der Waals surface area contributed by atoms with E-state index < -0.39 is 0 Å². The van der Waals surface area contributed by atoms with E-state index in [1.54, 1.807) is 0 Å². The highest BCUT2D eigenvalue weighted by Crippen LogP contribution is 2.56. The van der Waals surface area contributed by atoms with Gasteiger partial charge in [-0.25, -0.2) is 0 Å². The first-order valence-electron chi connectivity index (χ1n) is 6.10. The predicted molar refractivity (Wildman–Crippen MR) is 71.1 cm³/mol. The van der Waals surface area contributed by atoms with Gasteiger partial charge in [0.25, 0.3) is 0 Å². The molecule has 0 heteroatoms. The minimum absolute atomic E-state index is 0.443. The Kier molecular flexibility index (Phi) is 3.28. The Hall–Kier alpha value is -1.30. The van der Waals surface area contributed by atoms with Crippen LogP contribution in [0.2, 0.25) is 0 Å². The lowest BCUT2D eigenvalue weighted by Gasteiger charge is -2.03. The molecule has 0 unspecified atom stereocenters. The molecule has 0 aliphatic heterocycles. The van der Waals surface area contributed by atoms with Crippen LogP contribution in [0.3, 0.4) is 0 Å². The fraction of sp³-hybridized carbons (Fsp3) is 0.375. The highest BCUT2D eigenvalue weighted by Gasteiger charge is 2.46. The topological polar surface area (TPSA) is 0 Å². The summed E-state index contributed by atoms with van der Waals surface area (Å²) in [6, 6.07) is 10.5. The number of allylic oxidation sites excluding steroid dienone is 2. The molecule has 2 rings (SSSR count). The first kappa shape index (κ1) is 11.2. The van der Waals surface area contributed by atoms with Crippen LogP contribution in [0, 0.1) is 11.3 Å². The van der Waals surface area contributed by atoms with Gasteiger partial charge in [-0.05, 0) is 36.2 Å². The molecule has 0 bridgehead atoms. The third-order valence-corrected chi connectivity index (χ3v) is 3.63. The molecule has 0 heterocycles. The molecule has 16 heavy (non-hydrogen) atoms. The van der Waals surface area contributed by atoms with E-state index in [9.17, 15) is 0 Å². The van der Waals surface area contributed by atoms with E-state index in [1.165, 1.54) is 18.4 Å². The van der Waals surface area contributed by atoms with E-state index in [1.807, 2.05) is 6.08 Å². The van der Waals surface area contributed by atoms with Crippen molar-refractivity contribution in [1.82, 2.24) is 0 Å². The van der Waals surface area contributed by atoms with Gasteiger partial charge >= 0.3 is 0 Å². The van der Waals surface area contributed by atoms with E-state index >= 15 is 0 Å². The normalized spacial score (nSPS) is 28.2. The van der Waals surface area contributed by atoms with Gasteiger partial charge in [-0.3, -0.25) is 0 Å². The zero-order valence-corrected chi connectivity index (χ0v) is 10.0. The Morgan fingerprint density at radius 1 is 1.38 bits per heavy atom. The Bertz CT molecular complexity index is 374. The van der Waals surface area contributed by atoms with Crippen molar-refractivity contribution in [1.29, 1.82) is 0 Å². The second-order valence-corrected chi connectivity index (χ2v) is 5.02. The summed E-state index contributed by atoms with van der Waals surface area (Å²) in [5.74, 6) is 0.866. The molecule has 0 nitrogen and oxygen atoms in total. The molecule has 0 spiro atoms. The molecule has 1 aliphatic carbocycles. The Balaban J connectivity index is 1.91. The maximum Gasteiger partial charge on any atom is -0.0112 e. The van der Waals surface area contributed by atoms with Gasteiger partial charge in [0.1, 0.15) is 0 Å². The molecule has 0 saturated heterocycles. The molecule has 1 fully saturated rings. The highest BCUT2D eigenvalue weighted by molar-refractivity contribution is 5.50. The zero-order valence-electron chi connectivity index (χ0n) is 10.0. The average molecular weight is 212 g/mol. The lowest BCUT2D eigenvalue weighted by Crippen LogP contribution is -1.92. The summed E-state index contributed by atoms with van der Waals surface area (Å²) >= 11 is 0. The van der Waals surface area contributed by atoms with Crippen LogP contribution in [-0.2, 0) is 0 Å². The van der Waals surface area contributed by atoms with Gasteiger partial charge in [-0.2, -0.15) is 0 Å². The van der Waals surface area contributed by atoms with Gasteiger partial charge in [-0.15, -0.1) is 6.58 Å². The van der Waals surface area contributed by atoms with Gasteiger partial charge in [0.05, 0.1) is 0 Å². The van der Waals surface area contributed by atoms with Crippen molar-refractivity contribution in [3.8, 4) is 0 Å². The van der Waals surface area contributed by atoms with Crippen molar-refractivity contribution >= 4 is 6.08 Å². The zero-order chi connectivity index (χ0) is 11.4. The van der Waals surface area contributed by atoms with Crippen molar-refractivity contribution in [2.24, 2.45) is 11.3 Å². The quantitative estimate of drug-likeness (QED) is 0.621. The third kappa shape index (κ3) is 2.63. The van der Waals surface area contributed by atoms with Crippen LogP contribution in [0.1, 0.15) is 31.7 Å². The molecule has 0 radical (unpaired) electrons. The molecule has 1 aromatic rings. The van der Waals surface area contributed by atoms with Crippen molar-refractivity contribution in [3.63, 3.8) is 0 Å². The second kappa shape index (κ2) is 4.69. The van der Waals surface area contributed by atoms with Crippen LogP contribution >= 0.6 is 0 Å². The molecule has 0 amide bonds. The van der Waals surface area contributed by atoms with E-state index in [2.05, 4.69) is 56.0 Å². The monoisotopic (exact) mass is 212 g/mol. The smallest absolute Gasteiger partial charge is 0.0112 e. The maximum atomic E-state index is 3.78. The average Bonchev–Trinajstić information content (AvgIpc) is 2.97. The van der Waals surface area contributed by atoms with Crippen molar-refractivity contribution in [3.05, 3.63) is 54.6 Å². The number of hydrogen-bond acceptors (Lipinski definition) is 0. The lowest BCUT2D eigenvalue weighted by molar-refractivity contribution is 0.594. The Morgan fingerprint density at radius 3 is 2.81 bits per heavy atom. The van der Waals surface area contributed by atoms with Crippen molar-refractivity contribution in [2.45, 2.75) is 26.2 Å². The minimum Gasteiger partial charge on any atom is -0.103 e. The molecule has 0 N–H and O–H groups in total. The molecule has 1 aromatic carbocycles. The Morgan fingerprint density at radius 2 is 2.12 bits per heavy atom. The number of rotatable bonds is 5. The van der Waals surface area contributed by atoms with Crippen LogP contribution in [0.5, 0.6) is 0 Å². The number of hydrogen-bond donors (Lipinski definition) is 0. The summed E-state index contributed by atoms with van der Waals surface area (Å²) < 4.78 is 0. The largest absolute Gasteiger partial charge is 0.103 e. The minimum atomic E-state index is 0.443. The van der Waals surface area contributed by atoms with E-state index in [0.29, 0.717) is 5.41 Å². The van der Waals surface area contributed by atoms with Gasteiger partial charge < -0.3 is 0 Å².